The largest absolute Gasteiger partial charge is 0.352 e. The molecule has 0 spiro atoms. The van der Waals surface area contributed by atoms with E-state index in [1.165, 1.54) is 5.56 Å². The van der Waals surface area contributed by atoms with Crippen LogP contribution in [-0.2, 0) is 9.59 Å². The molecule has 1 saturated carbocycles. The number of rotatable bonds is 6. The lowest BCUT2D eigenvalue weighted by Crippen LogP contribution is -2.40. The van der Waals surface area contributed by atoms with Crippen molar-refractivity contribution in [2.75, 3.05) is 6.54 Å². The molecule has 0 aromatic heterocycles. The van der Waals surface area contributed by atoms with Crippen LogP contribution in [0, 0.1) is 12.8 Å². The number of benzene rings is 1. The highest BCUT2D eigenvalue weighted by atomic mass is 16.2. The molecule has 1 aliphatic rings. The fraction of sp³-hybridized carbons (Fsp3) is 0.529. The van der Waals surface area contributed by atoms with Gasteiger partial charge in [0, 0.05) is 6.04 Å². The zero-order valence-corrected chi connectivity index (χ0v) is 13.0. The van der Waals surface area contributed by atoms with Gasteiger partial charge in [-0.1, -0.05) is 43.7 Å². The fourth-order valence-electron chi connectivity index (χ4n) is 2.40. The van der Waals surface area contributed by atoms with Crippen LogP contribution in [-0.4, -0.2) is 24.4 Å². The lowest BCUT2D eigenvalue weighted by molar-refractivity contribution is -0.127. The molecule has 21 heavy (non-hydrogen) atoms. The molecule has 2 rings (SSSR count). The highest BCUT2D eigenvalue weighted by Gasteiger charge is 2.26. The summed E-state index contributed by atoms with van der Waals surface area (Å²) in [7, 11) is 0. The maximum Gasteiger partial charge on any atom is 0.239 e. The molecule has 2 N–H and O–H groups in total. The van der Waals surface area contributed by atoms with Crippen molar-refractivity contribution in [1.82, 2.24) is 10.6 Å². The average molecular weight is 288 g/mol. The van der Waals surface area contributed by atoms with Gasteiger partial charge in [0.15, 0.2) is 0 Å². The van der Waals surface area contributed by atoms with Crippen LogP contribution in [0.4, 0.5) is 0 Å². The lowest BCUT2D eigenvalue weighted by atomic mass is 9.87. The number of amides is 2. The second-order valence-electron chi connectivity index (χ2n) is 6.19. The van der Waals surface area contributed by atoms with E-state index in [0.29, 0.717) is 6.04 Å². The minimum atomic E-state index is -0.223. The highest BCUT2D eigenvalue weighted by molar-refractivity contribution is 5.88. The molecule has 114 valence electrons. The molecule has 1 unspecified atom stereocenters. The van der Waals surface area contributed by atoms with Crippen molar-refractivity contribution in [3.63, 3.8) is 0 Å². The Morgan fingerprint density at radius 2 is 1.81 bits per heavy atom. The predicted molar refractivity (Wildman–Crippen MR) is 82.9 cm³/mol. The van der Waals surface area contributed by atoms with Gasteiger partial charge in [0.1, 0.15) is 0 Å². The number of hydrogen-bond donors (Lipinski definition) is 2. The van der Waals surface area contributed by atoms with E-state index in [0.717, 1.165) is 18.4 Å². The number of nitrogens with one attached hydrogen (secondary N) is 2. The molecule has 0 heterocycles. The standard InChI is InChI=1S/C17H24N2O2/c1-11(2)16(13-6-4-12(3)5-7-13)17(21)18-10-15(20)19-14-8-9-14/h4-7,11,14,16H,8-10H2,1-3H3,(H,18,21)(H,19,20). The predicted octanol–water partition coefficient (Wildman–Crippen LogP) is 2.13. The van der Waals surface area contributed by atoms with E-state index in [-0.39, 0.29) is 30.2 Å². The molecule has 1 fully saturated rings. The molecule has 4 nitrogen and oxygen atoms in total. The maximum absolute atomic E-state index is 12.4. The van der Waals surface area contributed by atoms with Gasteiger partial charge in [-0.05, 0) is 31.2 Å². The van der Waals surface area contributed by atoms with Crippen LogP contribution in [0.15, 0.2) is 24.3 Å². The van der Waals surface area contributed by atoms with Crippen LogP contribution in [0.3, 0.4) is 0 Å². The van der Waals surface area contributed by atoms with E-state index in [1.807, 2.05) is 45.0 Å². The Bertz CT molecular complexity index is 504. The first-order valence-electron chi connectivity index (χ1n) is 7.61. The first-order chi connectivity index (χ1) is 9.97. The third-order valence-electron chi connectivity index (χ3n) is 3.75. The van der Waals surface area contributed by atoms with E-state index >= 15 is 0 Å². The molecule has 2 amide bonds. The molecular formula is C17H24N2O2. The summed E-state index contributed by atoms with van der Waals surface area (Å²) < 4.78 is 0. The van der Waals surface area contributed by atoms with Crippen LogP contribution >= 0.6 is 0 Å². The molecular weight excluding hydrogens is 264 g/mol. The first-order valence-corrected chi connectivity index (χ1v) is 7.61. The van der Waals surface area contributed by atoms with Crippen molar-refractivity contribution in [3.8, 4) is 0 Å². The van der Waals surface area contributed by atoms with Gasteiger partial charge >= 0.3 is 0 Å². The van der Waals surface area contributed by atoms with Crippen molar-refractivity contribution < 1.29 is 9.59 Å². The summed E-state index contributed by atoms with van der Waals surface area (Å²) in [5.41, 5.74) is 2.17. The molecule has 1 aromatic carbocycles. The van der Waals surface area contributed by atoms with E-state index in [4.69, 9.17) is 0 Å². The van der Waals surface area contributed by atoms with Crippen molar-refractivity contribution in [2.45, 2.75) is 45.6 Å². The van der Waals surface area contributed by atoms with E-state index in [1.54, 1.807) is 0 Å². The summed E-state index contributed by atoms with van der Waals surface area (Å²) in [4.78, 5) is 24.0. The Morgan fingerprint density at radius 3 is 2.33 bits per heavy atom. The molecule has 1 aromatic rings. The Balaban J connectivity index is 1.95. The van der Waals surface area contributed by atoms with Gasteiger partial charge in [0.05, 0.1) is 12.5 Å². The van der Waals surface area contributed by atoms with Gasteiger partial charge in [-0.25, -0.2) is 0 Å². The Kier molecular flexibility index (Phi) is 4.99. The molecule has 0 bridgehead atoms. The van der Waals surface area contributed by atoms with Crippen molar-refractivity contribution in [1.29, 1.82) is 0 Å². The summed E-state index contributed by atoms with van der Waals surface area (Å²) in [6.07, 6.45) is 2.11. The monoisotopic (exact) mass is 288 g/mol. The van der Waals surface area contributed by atoms with E-state index in [2.05, 4.69) is 10.6 Å². The van der Waals surface area contributed by atoms with E-state index in [9.17, 15) is 9.59 Å². The SMILES string of the molecule is Cc1ccc(C(C(=O)NCC(=O)NC2CC2)C(C)C)cc1. The summed E-state index contributed by atoms with van der Waals surface area (Å²) in [6, 6.07) is 8.33. The quantitative estimate of drug-likeness (QED) is 0.842. The summed E-state index contributed by atoms with van der Waals surface area (Å²) in [5, 5.41) is 5.63. The molecule has 0 radical (unpaired) electrons. The van der Waals surface area contributed by atoms with E-state index < -0.39 is 0 Å². The third-order valence-corrected chi connectivity index (χ3v) is 3.75. The van der Waals surface area contributed by atoms with Crippen LogP contribution in [0.25, 0.3) is 0 Å². The fourth-order valence-corrected chi connectivity index (χ4v) is 2.40. The summed E-state index contributed by atoms with van der Waals surface area (Å²) in [6.45, 7) is 6.13. The molecule has 1 aliphatic carbocycles. The first kappa shape index (κ1) is 15.5. The van der Waals surface area contributed by atoms with Crippen molar-refractivity contribution in [3.05, 3.63) is 35.4 Å². The second-order valence-corrected chi connectivity index (χ2v) is 6.19. The Hall–Kier alpha value is -1.84. The Morgan fingerprint density at radius 1 is 1.19 bits per heavy atom. The van der Waals surface area contributed by atoms with Gasteiger partial charge in [-0.2, -0.15) is 0 Å². The summed E-state index contributed by atoms with van der Waals surface area (Å²) in [5.74, 6) is -0.226. The average Bonchev–Trinajstić information content (AvgIpc) is 3.22. The molecule has 1 atom stereocenters. The number of hydrogen-bond acceptors (Lipinski definition) is 2. The minimum absolute atomic E-state index is 0.0599. The number of carbonyl (C=O) groups excluding carboxylic acids is 2. The van der Waals surface area contributed by atoms with Gasteiger partial charge in [0.2, 0.25) is 11.8 Å². The van der Waals surface area contributed by atoms with Gasteiger partial charge in [0.25, 0.3) is 0 Å². The third kappa shape index (κ3) is 4.59. The van der Waals surface area contributed by atoms with Crippen LogP contribution in [0.2, 0.25) is 0 Å². The molecule has 0 aliphatic heterocycles. The molecule has 4 heteroatoms. The van der Waals surface area contributed by atoms with Gasteiger partial charge in [-0.15, -0.1) is 0 Å². The minimum Gasteiger partial charge on any atom is -0.352 e. The van der Waals surface area contributed by atoms with Crippen molar-refractivity contribution in [2.24, 2.45) is 5.92 Å². The smallest absolute Gasteiger partial charge is 0.239 e. The number of carbonyl (C=O) groups is 2. The topological polar surface area (TPSA) is 58.2 Å². The number of aryl methyl sites for hydroxylation is 1. The van der Waals surface area contributed by atoms with Crippen molar-refractivity contribution >= 4 is 11.8 Å². The van der Waals surface area contributed by atoms with Crippen LogP contribution in [0.5, 0.6) is 0 Å². The van der Waals surface area contributed by atoms with Gasteiger partial charge < -0.3 is 10.6 Å². The summed E-state index contributed by atoms with van der Waals surface area (Å²) >= 11 is 0. The van der Waals surface area contributed by atoms with Crippen LogP contribution in [0.1, 0.15) is 43.7 Å². The Labute approximate surface area is 126 Å². The lowest BCUT2D eigenvalue weighted by Gasteiger charge is -2.21. The molecule has 0 saturated heterocycles. The zero-order valence-electron chi connectivity index (χ0n) is 13.0. The highest BCUT2D eigenvalue weighted by Crippen LogP contribution is 2.25. The van der Waals surface area contributed by atoms with Crippen LogP contribution < -0.4 is 10.6 Å². The van der Waals surface area contributed by atoms with Gasteiger partial charge in [-0.3, -0.25) is 9.59 Å². The normalized spacial score (nSPS) is 15.6. The second kappa shape index (κ2) is 6.74. The zero-order chi connectivity index (χ0) is 15.4. The maximum atomic E-state index is 12.4.